The highest BCUT2D eigenvalue weighted by Gasteiger charge is 2.41. The van der Waals surface area contributed by atoms with Gasteiger partial charge in [0.2, 0.25) is 0 Å². The van der Waals surface area contributed by atoms with Gasteiger partial charge in [-0.1, -0.05) is 12.8 Å². The molecule has 0 heterocycles. The van der Waals surface area contributed by atoms with Crippen molar-refractivity contribution in [3.8, 4) is 0 Å². The summed E-state index contributed by atoms with van der Waals surface area (Å²) in [6, 6.07) is 0. The van der Waals surface area contributed by atoms with E-state index in [1.165, 1.54) is 0 Å². The number of rotatable bonds is 2. The number of carbonyl (C=O) groups excluding carboxylic acids is 3. The van der Waals surface area contributed by atoms with Crippen LogP contribution < -0.4 is 0 Å². The lowest BCUT2D eigenvalue weighted by Gasteiger charge is -2.11. The fourth-order valence-corrected chi connectivity index (χ4v) is 2.48. The Kier molecular flexibility index (Phi) is 2.48. The van der Waals surface area contributed by atoms with E-state index in [4.69, 9.17) is 0 Å². The summed E-state index contributed by atoms with van der Waals surface area (Å²) in [5, 5.41) is 0. The maximum Gasteiger partial charge on any atom is 0.153 e. The van der Waals surface area contributed by atoms with Gasteiger partial charge in [-0.15, -0.1) is 0 Å². The monoisotopic (exact) mass is 194 g/mol. The highest BCUT2D eigenvalue weighted by Crippen LogP contribution is 2.31. The molecular formula is C11H14O3. The summed E-state index contributed by atoms with van der Waals surface area (Å²) in [5.41, 5.74) is 0. The predicted octanol–water partition coefficient (Wildman–Crippen LogP) is 1.29. The minimum Gasteiger partial charge on any atom is -0.298 e. The van der Waals surface area contributed by atoms with Crippen LogP contribution in [0.3, 0.4) is 0 Å². The van der Waals surface area contributed by atoms with Crippen LogP contribution in [0.2, 0.25) is 0 Å². The molecule has 0 radical (unpaired) electrons. The van der Waals surface area contributed by atoms with Crippen LogP contribution >= 0.6 is 0 Å². The molecule has 0 N–H and O–H groups in total. The second kappa shape index (κ2) is 3.64. The average Bonchev–Trinajstić information content (AvgIpc) is 2.75. The largest absolute Gasteiger partial charge is 0.298 e. The third-order valence-electron chi connectivity index (χ3n) is 3.30. The van der Waals surface area contributed by atoms with Crippen molar-refractivity contribution in [2.45, 2.75) is 38.5 Å². The maximum atomic E-state index is 11.8. The average molecular weight is 194 g/mol. The van der Waals surface area contributed by atoms with Crippen LogP contribution in [0.25, 0.3) is 0 Å². The summed E-state index contributed by atoms with van der Waals surface area (Å²) < 4.78 is 0. The summed E-state index contributed by atoms with van der Waals surface area (Å²) >= 11 is 0. The number of Topliss-reactive ketones (excluding diaryl/α,β-unsaturated/α-hetero) is 3. The third-order valence-corrected chi connectivity index (χ3v) is 3.30. The molecule has 0 saturated heterocycles. The van der Waals surface area contributed by atoms with Gasteiger partial charge in [0.15, 0.2) is 17.3 Å². The van der Waals surface area contributed by atoms with Crippen LogP contribution in [0.1, 0.15) is 38.5 Å². The van der Waals surface area contributed by atoms with Crippen molar-refractivity contribution in [2.24, 2.45) is 11.8 Å². The number of hydrogen-bond donors (Lipinski definition) is 0. The molecule has 2 rings (SSSR count). The van der Waals surface area contributed by atoms with Gasteiger partial charge in [0.25, 0.3) is 0 Å². The van der Waals surface area contributed by atoms with Crippen molar-refractivity contribution in [1.82, 2.24) is 0 Å². The third kappa shape index (κ3) is 1.51. The molecule has 2 aliphatic rings. The zero-order valence-corrected chi connectivity index (χ0v) is 8.12. The normalized spacial score (nSPS) is 24.9. The van der Waals surface area contributed by atoms with E-state index in [9.17, 15) is 14.4 Å². The van der Waals surface area contributed by atoms with Crippen molar-refractivity contribution < 1.29 is 14.4 Å². The van der Waals surface area contributed by atoms with Crippen molar-refractivity contribution in [3.63, 3.8) is 0 Å². The van der Waals surface area contributed by atoms with Crippen molar-refractivity contribution in [1.29, 1.82) is 0 Å². The Balaban J connectivity index is 2.09. The Bertz CT molecular complexity index is 271. The molecule has 0 unspecified atom stereocenters. The van der Waals surface area contributed by atoms with E-state index in [0.717, 1.165) is 25.7 Å². The van der Waals surface area contributed by atoms with Gasteiger partial charge in [-0.3, -0.25) is 14.4 Å². The summed E-state index contributed by atoms with van der Waals surface area (Å²) in [6.45, 7) is 0. The summed E-state index contributed by atoms with van der Waals surface area (Å²) in [6.07, 6.45) is 4.42. The lowest BCUT2D eigenvalue weighted by Crippen LogP contribution is -2.29. The standard InChI is InChI=1S/C11H14O3/c12-8-5-6-9(13)10(8)11(14)7-3-1-2-4-7/h7,10H,1-6H2. The molecule has 14 heavy (non-hydrogen) atoms. The van der Waals surface area contributed by atoms with Crippen molar-refractivity contribution in [3.05, 3.63) is 0 Å². The molecule has 0 aromatic carbocycles. The zero-order chi connectivity index (χ0) is 10.1. The van der Waals surface area contributed by atoms with Gasteiger partial charge in [0.1, 0.15) is 5.92 Å². The molecule has 2 aliphatic carbocycles. The molecule has 0 aliphatic heterocycles. The first-order valence-electron chi connectivity index (χ1n) is 5.29. The summed E-state index contributed by atoms with van der Waals surface area (Å²) in [7, 11) is 0. The van der Waals surface area contributed by atoms with E-state index in [1.807, 2.05) is 0 Å². The van der Waals surface area contributed by atoms with Crippen LogP contribution in [-0.2, 0) is 14.4 Å². The van der Waals surface area contributed by atoms with Crippen molar-refractivity contribution >= 4 is 17.3 Å². The molecule has 2 fully saturated rings. The first-order chi connectivity index (χ1) is 6.70. The molecule has 3 heteroatoms. The summed E-state index contributed by atoms with van der Waals surface area (Å²) in [5.74, 6) is -1.27. The van der Waals surface area contributed by atoms with E-state index in [0.29, 0.717) is 0 Å². The lowest BCUT2D eigenvalue weighted by atomic mass is 9.89. The Morgan fingerprint density at radius 2 is 1.50 bits per heavy atom. The molecule has 0 bridgehead atoms. The molecule has 0 atom stereocenters. The number of carbonyl (C=O) groups is 3. The van der Waals surface area contributed by atoms with Gasteiger partial charge in [0.05, 0.1) is 0 Å². The van der Waals surface area contributed by atoms with E-state index >= 15 is 0 Å². The van der Waals surface area contributed by atoms with Gasteiger partial charge in [-0.2, -0.15) is 0 Å². The van der Waals surface area contributed by atoms with Gasteiger partial charge < -0.3 is 0 Å². The van der Waals surface area contributed by atoms with Crippen molar-refractivity contribution in [2.75, 3.05) is 0 Å². The van der Waals surface area contributed by atoms with Gasteiger partial charge >= 0.3 is 0 Å². The van der Waals surface area contributed by atoms with E-state index in [1.54, 1.807) is 0 Å². The molecule has 0 aromatic heterocycles. The second-order valence-corrected chi connectivity index (χ2v) is 4.25. The second-order valence-electron chi connectivity index (χ2n) is 4.25. The highest BCUT2D eigenvalue weighted by atomic mass is 16.2. The van der Waals surface area contributed by atoms with Gasteiger partial charge in [-0.25, -0.2) is 0 Å². The predicted molar refractivity (Wildman–Crippen MR) is 49.7 cm³/mol. The highest BCUT2D eigenvalue weighted by molar-refractivity contribution is 6.23. The maximum absolute atomic E-state index is 11.8. The smallest absolute Gasteiger partial charge is 0.153 e. The summed E-state index contributed by atoms with van der Waals surface area (Å²) in [4.78, 5) is 34.5. The van der Waals surface area contributed by atoms with E-state index in [-0.39, 0.29) is 36.1 Å². The molecule has 76 valence electrons. The fourth-order valence-electron chi connectivity index (χ4n) is 2.48. The first kappa shape index (κ1) is 9.56. The van der Waals surface area contributed by atoms with Crippen LogP contribution in [-0.4, -0.2) is 17.3 Å². The van der Waals surface area contributed by atoms with Crippen LogP contribution in [0.5, 0.6) is 0 Å². The quantitative estimate of drug-likeness (QED) is 0.622. The topological polar surface area (TPSA) is 51.2 Å². The molecule has 2 saturated carbocycles. The van der Waals surface area contributed by atoms with E-state index in [2.05, 4.69) is 0 Å². The Morgan fingerprint density at radius 3 is 2.00 bits per heavy atom. The minimum absolute atomic E-state index is 0.00833. The first-order valence-corrected chi connectivity index (χ1v) is 5.29. The fraction of sp³-hybridized carbons (Fsp3) is 0.727. The Morgan fingerprint density at radius 1 is 1.00 bits per heavy atom. The molecule has 3 nitrogen and oxygen atoms in total. The molecule has 0 aromatic rings. The zero-order valence-electron chi connectivity index (χ0n) is 8.12. The lowest BCUT2D eigenvalue weighted by molar-refractivity contribution is -0.138. The van der Waals surface area contributed by atoms with Crippen LogP contribution in [0, 0.1) is 11.8 Å². The van der Waals surface area contributed by atoms with Gasteiger partial charge in [0, 0.05) is 18.8 Å². The Labute approximate surface area is 82.9 Å². The van der Waals surface area contributed by atoms with Crippen LogP contribution in [0.15, 0.2) is 0 Å². The SMILES string of the molecule is O=C1CCC(=O)C1C(=O)C1CCCC1. The van der Waals surface area contributed by atoms with Gasteiger partial charge in [-0.05, 0) is 12.8 Å². The molecule has 0 amide bonds. The molecular weight excluding hydrogens is 180 g/mol. The Hall–Kier alpha value is -0.990. The number of ketones is 3. The molecule has 0 spiro atoms. The van der Waals surface area contributed by atoms with E-state index < -0.39 is 5.92 Å². The number of hydrogen-bond acceptors (Lipinski definition) is 3. The van der Waals surface area contributed by atoms with Crippen LogP contribution in [0.4, 0.5) is 0 Å². The minimum atomic E-state index is -0.877.